The molecule has 16 heavy (non-hydrogen) atoms. The van der Waals surface area contributed by atoms with Crippen LogP contribution >= 0.6 is 0 Å². The molecule has 3 nitrogen and oxygen atoms in total. The lowest BCUT2D eigenvalue weighted by Crippen LogP contribution is -2.48. The van der Waals surface area contributed by atoms with E-state index in [1.807, 2.05) is 4.90 Å². The van der Waals surface area contributed by atoms with Crippen molar-refractivity contribution in [1.29, 1.82) is 0 Å². The van der Waals surface area contributed by atoms with Crippen LogP contribution in [0.5, 0.6) is 5.88 Å². The van der Waals surface area contributed by atoms with Crippen molar-refractivity contribution < 1.29 is 13.5 Å². The number of pyridine rings is 1. The smallest absolute Gasteiger partial charge is 0.250 e. The van der Waals surface area contributed by atoms with Crippen LogP contribution in [-0.4, -0.2) is 42.8 Å². The largest absolute Gasteiger partial charge is 0.479 e. The van der Waals surface area contributed by atoms with E-state index in [1.165, 1.54) is 13.2 Å². The summed E-state index contributed by atoms with van der Waals surface area (Å²) in [4.78, 5) is 5.84. The fourth-order valence-electron chi connectivity index (χ4n) is 1.73. The summed E-state index contributed by atoms with van der Waals surface area (Å²) in [6.07, 6.45) is 1.58. The van der Waals surface area contributed by atoms with Gasteiger partial charge < -0.3 is 4.74 Å². The second-order valence-electron chi connectivity index (χ2n) is 3.94. The van der Waals surface area contributed by atoms with Gasteiger partial charge in [0.05, 0.1) is 7.11 Å². The lowest BCUT2D eigenvalue weighted by Gasteiger charge is -2.34. The zero-order valence-corrected chi connectivity index (χ0v) is 9.12. The van der Waals surface area contributed by atoms with Crippen molar-refractivity contribution in [3.8, 4) is 5.88 Å². The molecule has 2 rings (SSSR count). The number of nitrogens with zero attached hydrogens (tertiary/aromatic N) is 2. The predicted octanol–water partition coefficient (Wildman–Crippen LogP) is 1.43. The third-order valence-electron chi connectivity index (χ3n) is 2.69. The van der Waals surface area contributed by atoms with E-state index in [1.54, 1.807) is 6.20 Å². The van der Waals surface area contributed by atoms with Gasteiger partial charge in [-0.15, -0.1) is 0 Å². The zero-order chi connectivity index (χ0) is 11.5. The number of methoxy groups -OCH3 is 1. The average molecular weight is 228 g/mol. The third-order valence-corrected chi connectivity index (χ3v) is 2.69. The first-order valence-electron chi connectivity index (χ1n) is 5.24. The monoisotopic (exact) mass is 228 g/mol. The van der Waals surface area contributed by atoms with Crippen molar-refractivity contribution in [2.75, 3.05) is 26.7 Å². The Balaban J connectivity index is 1.87. The number of likely N-dealkylation sites (tertiary alicyclic amines) is 1. The molecule has 1 saturated heterocycles. The summed E-state index contributed by atoms with van der Waals surface area (Å²) in [6.45, 7) is 1.73. The topological polar surface area (TPSA) is 25.4 Å². The van der Waals surface area contributed by atoms with Gasteiger partial charge in [0.15, 0.2) is 5.82 Å². The minimum Gasteiger partial charge on any atom is -0.479 e. The van der Waals surface area contributed by atoms with Gasteiger partial charge in [-0.1, -0.05) is 0 Å². The average Bonchev–Trinajstić information content (AvgIpc) is 2.23. The van der Waals surface area contributed by atoms with Crippen molar-refractivity contribution in [3.63, 3.8) is 0 Å². The predicted molar refractivity (Wildman–Crippen MR) is 55.8 cm³/mol. The van der Waals surface area contributed by atoms with Gasteiger partial charge in [0.2, 0.25) is 5.88 Å². The first kappa shape index (κ1) is 11.3. The summed E-state index contributed by atoms with van der Waals surface area (Å²) >= 11 is 0. The molecule has 0 unspecified atom stereocenters. The van der Waals surface area contributed by atoms with Crippen molar-refractivity contribution in [2.24, 2.45) is 0 Å². The molecular weight excluding hydrogens is 214 g/mol. The summed E-state index contributed by atoms with van der Waals surface area (Å²) in [5.41, 5.74) is 0.806. The minimum absolute atomic E-state index is 0.0107. The van der Waals surface area contributed by atoms with E-state index in [-0.39, 0.29) is 5.88 Å². The maximum Gasteiger partial charge on any atom is 0.250 e. The molecule has 0 atom stereocenters. The van der Waals surface area contributed by atoms with Crippen LogP contribution in [0, 0.1) is 5.82 Å². The molecule has 1 aliphatic rings. The maximum atomic E-state index is 13.3. The summed E-state index contributed by atoms with van der Waals surface area (Å²) in [6, 6.07) is 1.42. The molecule has 2 heterocycles. The number of rotatable bonds is 4. The maximum absolute atomic E-state index is 13.3. The molecule has 0 aliphatic carbocycles. The zero-order valence-electron chi connectivity index (χ0n) is 9.12. The third kappa shape index (κ3) is 2.47. The normalized spacial score (nSPS) is 17.2. The van der Waals surface area contributed by atoms with Gasteiger partial charge in [-0.25, -0.2) is 13.8 Å². The number of hydrogen-bond donors (Lipinski definition) is 0. The second-order valence-corrected chi connectivity index (χ2v) is 3.94. The highest BCUT2D eigenvalue weighted by atomic mass is 19.1. The standard InChI is InChI=1S/C11H14F2N2O/c1-16-11-10(13)4-8(5-14-11)2-3-15-6-9(12)7-15/h4-5,9H,2-3,6-7H2,1H3. The van der Waals surface area contributed by atoms with Crippen molar-refractivity contribution >= 4 is 0 Å². The van der Waals surface area contributed by atoms with Gasteiger partial charge in [-0.3, -0.25) is 4.90 Å². The van der Waals surface area contributed by atoms with E-state index in [0.717, 1.165) is 12.1 Å². The van der Waals surface area contributed by atoms with Crippen LogP contribution in [0.1, 0.15) is 5.56 Å². The second kappa shape index (κ2) is 4.74. The summed E-state index contributed by atoms with van der Waals surface area (Å²) in [7, 11) is 1.38. The Hall–Kier alpha value is -1.23. The van der Waals surface area contributed by atoms with Crippen molar-refractivity contribution in [3.05, 3.63) is 23.6 Å². The molecule has 0 radical (unpaired) electrons. The van der Waals surface area contributed by atoms with Crippen LogP contribution in [0.15, 0.2) is 12.3 Å². The van der Waals surface area contributed by atoms with Gasteiger partial charge >= 0.3 is 0 Å². The Kier molecular flexibility index (Phi) is 3.33. The molecular formula is C11H14F2N2O. The van der Waals surface area contributed by atoms with Crippen molar-refractivity contribution in [2.45, 2.75) is 12.6 Å². The Bertz CT molecular complexity index is 367. The van der Waals surface area contributed by atoms with Crippen LogP contribution < -0.4 is 4.74 Å². The molecule has 0 spiro atoms. The first-order chi connectivity index (χ1) is 7.69. The Morgan fingerprint density at radius 1 is 1.56 bits per heavy atom. The lowest BCUT2D eigenvalue weighted by atomic mass is 10.1. The number of ether oxygens (including phenoxy) is 1. The fourth-order valence-corrected chi connectivity index (χ4v) is 1.73. The quantitative estimate of drug-likeness (QED) is 0.779. The molecule has 0 N–H and O–H groups in total. The van der Waals surface area contributed by atoms with E-state index in [0.29, 0.717) is 19.5 Å². The van der Waals surface area contributed by atoms with E-state index < -0.39 is 12.0 Å². The highest BCUT2D eigenvalue weighted by Crippen LogP contribution is 2.16. The molecule has 1 aliphatic heterocycles. The van der Waals surface area contributed by atoms with Gasteiger partial charge in [-0.05, 0) is 18.1 Å². The summed E-state index contributed by atoms with van der Waals surface area (Å²) in [5, 5.41) is 0. The van der Waals surface area contributed by atoms with E-state index in [2.05, 4.69) is 4.98 Å². The van der Waals surface area contributed by atoms with Crippen LogP contribution in [0.3, 0.4) is 0 Å². The highest BCUT2D eigenvalue weighted by Gasteiger charge is 2.25. The molecule has 1 fully saturated rings. The molecule has 1 aromatic heterocycles. The summed E-state index contributed by atoms with van der Waals surface area (Å²) in [5.74, 6) is -0.441. The van der Waals surface area contributed by atoms with Crippen LogP contribution in [0.2, 0.25) is 0 Å². The van der Waals surface area contributed by atoms with Crippen molar-refractivity contribution in [1.82, 2.24) is 9.88 Å². The van der Waals surface area contributed by atoms with E-state index >= 15 is 0 Å². The molecule has 0 aromatic carbocycles. The number of hydrogen-bond acceptors (Lipinski definition) is 3. The molecule has 88 valence electrons. The van der Waals surface area contributed by atoms with Crippen LogP contribution in [0.4, 0.5) is 8.78 Å². The molecule has 0 saturated carbocycles. The number of alkyl halides is 1. The van der Waals surface area contributed by atoms with E-state index in [9.17, 15) is 8.78 Å². The first-order valence-corrected chi connectivity index (χ1v) is 5.24. The van der Waals surface area contributed by atoms with Gasteiger partial charge in [0.25, 0.3) is 0 Å². The summed E-state index contributed by atoms with van der Waals surface area (Å²) < 4.78 is 30.5. The molecule has 0 amide bonds. The molecule has 5 heteroatoms. The lowest BCUT2D eigenvalue weighted by molar-refractivity contribution is 0.0670. The highest BCUT2D eigenvalue weighted by molar-refractivity contribution is 5.20. The number of halogens is 2. The minimum atomic E-state index is -0.689. The Morgan fingerprint density at radius 3 is 2.88 bits per heavy atom. The van der Waals surface area contributed by atoms with Gasteiger partial charge in [0, 0.05) is 25.8 Å². The SMILES string of the molecule is COc1ncc(CCN2CC(F)C2)cc1F. The van der Waals surface area contributed by atoms with Crippen LogP contribution in [-0.2, 0) is 6.42 Å². The van der Waals surface area contributed by atoms with Gasteiger partial charge in [-0.2, -0.15) is 0 Å². The number of aromatic nitrogens is 1. The van der Waals surface area contributed by atoms with E-state index in [4.69, 9.17) is 4.74 Å². The van der Waals surface area contributed by atoms with Crippen LogP contribution in [0.25, 0.3) is 0 Å². The fraction of sp³-hybridized carbons (Fsp3) is 0.545. The Labute approximate surface area is 93.0 Å². The molecule has 1 aromatic rings. The Morgan fingerprint density at radius 2 is 2.31 bits per heavy atom. The van der Waals surface area contributed by atoms with Gasteiger partial charge in [0.1, 0.15) is 6.17 Å². The molecule has 0 bridgehead atoms.